The molecule has 0 aromatic heterocycles. The molecule has 3 heteroatoms. The quantitative estimate of drug-likeness (QED) is 0.945. The summed E-state index contributed by atoms with van der Waals surface area (Å²) < 4.78 is 0. The highest BCUT2D eigenvalue weighted by molar-refractivity contribution is 5.79. The van der Waals surface area contributed by atoms with Crippen LogP contribution in [0.25, 0.3) is 0 Å². The molecule has 2 aromatic rings. The van der Waals surface area contributed by atoms with Crippen LogP contribution in [-0.4, -0.2) is 29.9 Å². The Morgan fingerprint density at radius 2 is 1.83 bits per heavy atom. The molecule has 1 amide bonds. The van der Waals surface area contributed by atoms with Gasteiger partial charge in [-0.1, -0.05) is 48.5 Å². The number of rotatable bonds is 3. The topological polar surface area (TPSA) is 46.3 Å². The van der Waals surface area contributed by atoms with Crippen molar-refractivity contribution < 1.29 is 4.79 Å². The minimum absolute atomic E-state index is 0.0244. The summed E-state index contributed by atoms with van der Waals surface area (Å²) in [6.45, 7) is 1.39. The highest BCUT2D eigenvalue weighted by Crippen LogP contribution is 2.27. The molecule has 4 rings (SSSR count). The minimum Gasteiger partial charge on any atom is -0.340 e. The fraction of sp³-hybridized carbons (Fsp3) is 0.381. The van der Waals surface area contributed by atoms with Crippen LogP contribution in [0.3, 0.4) is 0 Å². The first kappa shape index (κ1) is 15.4. The fourth-order valence-corrected chi connectivity index (χ4v) is 4.11. The van der Waals surface area contributed by atoms with Crippen molar-refractivity contribution in [2.45, 2.75) is 37.6 Å². The molecule has 24 heavy (non-hydrogen) atoms. The molecule has 124 valence electrons. The molecule has 2 atom stereocenters. The molecular formula is C21H24N2O. The van der Waals surface area contributed by atoms with E-state index in [1.165, 1.54) is 29.5 Å². The molecule has 1 aliphatic heterocycles. The molecule has 1 fully saturated rings. The Bertz CT molecular complexity index is 741. The number of benzene rings is 2. The van der Waals surface area contributed by atoms with Crippen molar-refractivity contribution in [1.29, 1.82) is 0 Å². The summed E-state index contributed by atoms with van der Waals surface area (Å²) in [6.07, 6.45) is 4.07. The van der Waals surface area contributed by atoms with Crippen LogP contribution in [0.1, 0.15) is 34.6 Å². The molecule has 2 aromatic carbocycles. The van der Waals surface area contributed by atoms with Crippen LogP contribution in [0.15, 0.2) is 48.5 Å². The number of nitrogens with two attached hydrogens (primary N) is 1. The summed E-state index contributed by atoms with van der Waals surface area (Å²) >= 11 is 0. The largest absolute Gasteiger partial charge is 0.340 e. The maximum atomic E-state index is 12.7. The van der Waals surface area contributed by atoms with Crippen molar-refractivity contribution in [3.05, 3.63) is 70.8 Å². The lowest BCUT2D eigenvalue weighted by Gasteiger charge is -2.17. The molecule has 0 bridgehead atoms. The standard InChI is InChI=1S/C21H24N2O/c22-20-14-23(13-19(20)17-5-2-1-3-6-17)21(24)12-15-9-10-16-7-4-8-18(16)11-15/h1-3,5-6,9-11,19-20H,4,7-8,12-14,22H2/t19-,20+/m0/s1. The molecule has 2 aliphatic rings. The van der Waals surface area contributed by atoms with Gasteiger partial charge in [0.1, 0.15) is 0 Å². The number of aryl methyl sites for hydroxylation is 2. The van der Waals surface area contributed by atoms with E-state index in [0.717, 1.165) is 18.5 Å². The molecule has 0 radical (unpaired) electrons. The highest BCUT2D eigenvalue weighted by atomic mass is 16.2. The Morgan fingerprint density at radius 1 is 1.04 bits per heavy atom. The smallest absolute Gasteiger partial charge is 0.227 e. The van der Waals surface area contributed by atoms with Gasteiger partial charge in [-0.05, 0) is 41.5 Å². The molecule has 1 heterocycles. The Kier molecular flexibility index (Phi) is 4.11. The van der Waals surface area contributed by atoms with Crippen molar-refractivity contribution in [3.63, 3.8) is 0 Å². The number of fused-ring (bicyclic) bond motifs is 1. The van der Waals surface area contributed by atoms with E-state index >= 15 is 0 Å². The minimum atomic E-state index is 0.0244. The zero-order valence-electron chi connectivity index (χ0n) is 13.9. The number of carbonyl (C=O) groups is 1. The fourth-order valence-electron chi connectivity index (χ4n) is 4.11. The van der Waals surface area contributed by atoms with E-state index in [-0.39, 0.29) is 17.9 Å². The Labute approximate surface area is 143 Å². The lowest BCUT2D eigenvalue weighted by Crippen LogP contribution is -2.33. The normalized spacial score (nSPS) is 22.6. The van der Waals surface area contributed by atoms with Crippen LogP contribution in [0, 0.1) is 0 Å². The summed E-state index contributed by atoms with van der Waals surface area (Å²) in [7, 11) is 0. The van der Waals surface area contributed by atoms with Crippen molar-refractivity contribution in [3.8, 4) is 0 Å². The monoisotopic (exact) mass is 320 g/mol. The Balaban J connectivity index is 1.44. The second-order valence-corrected chi connectivity index (χ2v) is 7.11. The average Bonchev–Trinajstić information content (AvgIpc) is 3.21. The molecule has 1 aliphatic carbocycles. The number of hydrogen-bond donors (Lipinski definition) is 1. The molecule has 3 nitrogen and oxygen atoms in total. The van der Waals surface area contributed by atoms with E-state index in [1.54, 1.807) is 0 Å². The van der Waals surface area contributed by atoms with Crippen LogP contribution in [-0.2, 0) is 24.1 Å². The first-order chi connectivity index (χ1) is 11.7. The predicted molar refractivity (Wildman–Crippen MR) is 95.9 cm³/mol. The van der Waals surface area contributed by atoms with E-state index in [9.17, 15) is 4.79 Å². The van der Waals surface area contributed by atoms with Gasteiger partial charge < -0.3 is 10.6 Å². The van der Waals surface area contributed by atoms with Gasteiger partial charge in [-0.3, -0.25) is 4.79 Å². The second kappa shape index (κ2) is 6.40. The molecule has 1 saturated heterocycles. The van der Waals surface area contributed by atoms with E-state index in [4.69, 9.17) is 5.73 Å². The Morgan fingerprint density at radius 3 is 2.67 bits per heavy atom. The molecule has 0 unspecified atom stereocenters. The summed E-state index contributed by atoms with van der Waals surface area (Å²) in [5.74, 6) is 0.442. The van der Waals surface area contributed by atoms with Crippen LogP contribution in [0.4, 0.5) is 0 Å². The zero-order valence-corrected chi connectivity index (χ0v) is 13.9. The van der Waals surface area contributed by atoms with Crippen LogP contribution in [0.5, 0.6) is 0 Å². The van der Waals surface area contributed by atoms with Gasteiger partial charge >= 0.3 is 0 Å². The van der Waals surface area contributed by atoms with Crippen molar-refractivity contribution in [1.82, 2.24) is 4.90 Å². The maximum Gasteiger partial charge on any atom is 0.227 e. The first-order valence-electron chi connectivity index (χ1n) is 8.89. The SMILES string of the molecule is N[C@@H]1CN(C(=O)Cc2ccc3c(c2)CCC3)C[C@H]1c1ccccc1. The summed E-state index contributed by atoms with van der Waals surface area (Å²) in [6, 6.07) is 16.9. The predicted octanol–water partition coefficient (Wildman–Crippen LogP) is 2.67. The number of hydrogen-bond acceptors (Lipinski definition) is 2. The molecule has 0 saturated carbocycles. The Hall–Kier alpha value is -2.13. The number of likely N-dealkylation sites (tertiary alicyclic amines) is 1. The maximum absolute atomic E-state index is 12.7. The molecule has 0 spiro atoms. The van der Waals surface area contributed by atoms with Crippen molar-refractivity contribution >= 4 is 5.91 Å². The van der Waals surface area contributed by atoms with Gasteiger partial charge in [-0.25, -0.2) is 0 Å². The third kappa shape index (κ3) is 2.96. The van der Waals surface area contributed by atoms with Gasteiger partial charge in [0.2, 0.25) is 5.91 Å². The number of amides is 1. The van der Waals surface area contributed by atoms with Gasteiger partial charge in [0, 0.05) is 25.0 Å². The molecule has 2 N–H and O–H groups in total. The third-order valence-electron chi connectivity index (χ3n) is 5.46. The average molecular weight is 320 g/mol. The van der Waals surface area contributed by atoms with Gasteiger partial charge in [-0.15, -0.1) is 0 Å². The number of nitrogens with zero attached hydrogens (tertiary/aromatic N) is 1. The van der Waals surface area contributed by atoms with E-state index in [1.807, 2.05) is 23.1 Å². The summed E-state index contributed by atoms with van der Waals surface area (Å²) in [5.41, 5.74) is 11.6. The molecular weight excluding hydrogens is 296 g/mol. The van der Waals surface area contributed by atoms with Crippen LogP contribution in [0.2, 0.25) is 0 Å². The van der Waals surface area contributed by atoms with Gasteiger partial charge in [0.25, 0.3) is 0 Å². The van der Waals surface area contributed by atoms with Crippen molar-refractivity contribution in [2.75, 3.05) is 13.1 Å². The zero-order chi connectivity index (χ0) is 16.5. The third-order valence-corrected chi connectivity index (χ3v) is 5.46. The lowest BCUT2D eigenvalue weighted by atomic mass is 9.95. The lowest BCUT2D eigenvalue weighted by molar-refractivity contribution is -0.129. The first-order valence-corrected chi connectivity index (χ1v) is 8.89. The van der Waals surface area contributed by atoms with E-state index < -0.39 is 0 Å². The van der Waals surface area contributed by atoms with Crippen LogP contribution < -0.4 is 5.73 Å². The van der Waals surface area contributed by atoms with Crippen molar-refractivity contribution in [2.24, 2.45) is 5.73 Å². The van der Waals surface area contributed by atoms with E-state index in [2.05, 4.69) is 30.3 Å². The van der Waals surface area contributed by atoms with Gasteiger partial charge in [-0.2, -0.15) is 0 Å². The number of carbonyl (C=O) groups excluding carboxylic acids is 1. The van der Waals surface area contributed by atoms with Gasteiger partial charge in [0.05, 0.1) is 6.42 Å². The van der Waals surface area contributed by atoms with Crippen LogP contribution >= 0.6 is 0 Å². The highest BCUT2D eigenvalue weighted by Gasteiger charge is 2.33. The summed E-state index contributed by atoms with van der Waals surface area (Å²) in [4.78, 5) is 14.6. The van der Waals surface area contributed by atoms with E-state index in [0.29, 0.717) is 13.0 Å². The van der Waals surface area contributed by atoms with Gasteiger partial charge in [0.15, 0.2) is 0 Å². The second-order valence-electron chi connectivity index (χ2n) is 7.11. The summed E-state index contributed by atoms with van der Waals surface area (Å²) in [5, 5.41) is 0.